The molecule has 0 saturated heterocycles. The molecule has 0 unspecified atom stereocenters. The lowest BCUT2D eigenvalue weighted by molar-refractivity contribution is -0.00000483. The van der Waals surface area contributed by atoms with E-state index < -0.39 is 5.63 Å². The van der Waals surface area contributed by atoms with E-state index in [4.69, 9.17) is 14.3 Å². The van der Waals surface area contributed by atoms with E-state index in [0.717, 1.165) is 5.39 Å². The van der Waals surface area contributed by atoms with Crippen molar-refractivity contribution in [1.82, 2.24) is 0 Å². The number of benzene rings is 1. The number of aromatic hydroxyl groups is 1. The molecule has 0 amide bonds. The number of para-hydroxylation sites is 1. The van der Waals surface area contributed by atoms with Gasteiger partial charge in [-0.3, -0.25) is 4.42 Å². The summed E-state index contributed by atoms with van der Waals surface area (Å²) < 4.78 is 4.90. The van der Waals surface area contributed by atoms with Crippen molar-refractivity contribution < 1.29 is 26.7 Å². The first kappa shape index (κ1) is 9.61. The van der Waals surface area contributed by atoms with Gasteiger partial charge in [-0.25, -0.2) is 0 Å². The lowest BCUT2D eigenvalue weighted by Crippen LogP contribution is -3.00. The van der Waals surface area contributed by atoms with Gasteiger partial charge in [0.05, 0.1) is 5.39 Å². The van der Waals surface area contributed by atoms with E-state index in [1.807, 2.05) is 6.07 Å². The van der Waals surface area contributed by atoms with Gasteiger partial charge in [0.15, 0.2) is 0 Å². The molecule has 2 rings (SSSR count). The van der Waals surface area contributed by atoms with E-state index in [1.54, 1.807) is 18.2 Å². The number of rotatable bonds is 0. The summed E-state index contributed by atoms with van der Waals surface area (Å²) in [4.78, 5) is 9.00. The minimum absolute atomic E-state index is 0. The first-order valence-electron chi connectivity index (χ1n) is 3.51. The zero-order valence-corrected chi connectivity index (χ0v) is 7.32. The van der Waals surface area contributed by atoms with E-state index in [2.05, 4.69) is 0 Å². The third kappa shape index (κ3) is 1.65. The van der Waals surface area contributed by atoms with E-state index in [-0.39, 0.29) is 18.2 Å². The fourth-order valence-electron chi connectivity index (χ4n) is 1.06. The highest BCUT2D eigenvalue weighted by atomic mass is 35.5. The zero-order valence-electron chi connectivity index (χ0n) is 6.57. The minimum Gasteiger partial charge on any atom is -1.00 e. The monoisotopic (exact) mass is 198 g/mol. The highest BCUT2D eigenvalue weighted by molar-refractivity contribution is 5.77. The molecule has 4 heteroatoms. The van der Waals surface area contributed by atoms with Crippen molar-refractivity contribution in [2.24, 2.45) is 0 Å². The third-order valence-electron chi connectivity index (χ3n) is 1.64. The first-order chi connectivity index (χ1) is 5.77. The molecule has 13 heavy (non-hydrogen) atoms. The molecule has 68 valence electrons. The predicted octanol–water partition coefficient (Wildman–Crippen LogP) is -1.85. The molecule has 2 N–H and O–H groups in total. The fourth-order valence-corrected chi connectivity index (χ4v) is 1.06. The van der Waals surface area contributed by atoms with Crippen molar-refractivity contribution in [2.45, 2.75) is 0 Å². The van der Waals surface area contributed by atoms with Crippen molar-refractivity contribution in [3.8, 4) is 5.75 Å². The van der Waals surface area contributed by atoms with Gasteiger partial charge in [-0.1, -0.05) is 12.1 Å². The Morgan fingerprint density at radius 2 is 1.92 bits per heavy atom. The SMILES string of the molecule is Oc1cc2ccccc2oc1=[OH+].[Cl-]. The Bertz CT molecular complexity index is 475. The van der Waals surface area contributed by atoms with Gasteiger partial charge in [-0.2, -0.15) is 0 Å². The number of fused-ring (bicyclic) bond motifs is 1. The smallest absolute Gasteiger partial charge is 0.560 e. The summed E-state index contributed by atoms with van der Waals surface area (Å²) in [6.45, 7) is 0. The lowest BCUT2D eigenvalue weighted by Gasteiger charge is -1.88. The summed E-state index contributed by atoms with van der Waals surface area (Å²) in [6.07, 6.45) is 0. The van der Waals surface area contributed by atoms with Gasteiger partial charge in [0.25, 0.3) is 11.3 Å². The van der Waals surface area contributed by atoms with Crippen LogP contribution in [0, 0.1) is 0 Å². The van der Waals surface area contributed by atoms with Gasteiger partial charge in [0.2, 0.25) is 0 Å². The predicted molar refractivity (Wildman–Crippen MR) is 42.9 cm³/mol. The van der Waals surface area contributed by atoms with Gasteiger partial charge in [0, 0.05) is 12.1 Å². The van der Waals surface area contributed by atoms with Gasteiger partial charge in [0.1, 0.15) is 0 Å². The summed E-state index contributed by atoms with van der Waals surface area (Å²) >= 11 is 0. The van der Waals surface area contributed by atoms with Crippen LogP contribution >= 0.6 is 0 Å². The highest BCUT2D eigenvalue weighted by Gasteiger charge is 2.08. The standard InChI is InChI=1S/C9H6O3.ClH/c10-7-5-6-3-1-2-4-8(6)12-9(7)11;/h1-5,10H;1H. The Balaban J connectivity index is 0.000000845. The third-order valence-corrected chi connectivity index (χ3v) is 1.64. The Kier molecular flexibility index (Phi) is 2.58. The molecule has 1 aromatic carbocycles. The molecule has 0 bridgehead atoms. The second-order valence-corrected chi connectivity index (χ2v) is 2.47. The molecule has 0 aliphatic heterocycles. The van der Waals surface area contributed by atoms with Crippen LogP contribution in [0.5, 0.6) is 5.75 Å². The van der Waals surface area contributed by atoms with Crippen LogP contribution in [0.2, 0.25) is 0 Å². The van der Waals surface area contributed by atoms with Crippen LogP contribution in [-0.4, -0.2) is 9.90 Å². The van der Waals surface area contributed by atoms with Crippen LogP contribution in [0.15, 0.2) is 34.7 Å². The van der Waals surface area contributed by atoms with Crippen LogP contribution in [0.4, 0.5) is 0 Å². The van der Waals surface area contributed by atoms with Gasteiger partial charge in [-0.05, 0) is 6.07 Å². The second kappa shape index (κ2) is 3.49. The van der Waals surface area contributed by atoms with E-state index in [1.165, 1.54) is 6.07 Å². The quantitative estimate of drug-likeness (QED) is 0.399. The normalized spacial score (nSPS) is 9.54. The minimum atomic E-state index is -0.450. The van der Waals surface area contributed by atoms with Crippen LogP contribution in [0.1, 0.15) is 0 Å². The molecule has 0 aliphatic carbocycles. The molecule has 2 aromatic rings. The van der Waals surface area contributed by atoms with Gasteiger partial charge < -0.3 is 22.3 Å². The van der Waals surface area contributed by atoms with Crippen molar-refractivity contribution in [1.29, 1.82) is 0 Å². The molecular formula is C9H7ClO3. The maximum absolute atomic E-state index is 9.07. The number of halogens is 1. The summed E-state index contributed by atoms with van der Waals surface area (Å²) in [5.74, 6) is -0.242. The second-order valence-electron chi connectivity index (χ2n) is 2.47. The summed E-state index contributed by atoms with van der Waals surface area (Å²) in [7, 11) is 0. The topological polar surface area (TPSA) is 54.8 Å². The molecule has 0 spiro atoms. The zero-order chi connectivity index (χ0) is 8.55. The average molecular weight is 199 g/mol. The van der Waals surface area contributed by atoms with Crippen LogP contribution < -0.4 is 18.0 Å². The molecule has 1 aromatic heterocycles. The lowest BCUT2D eigenvalue weighted by atomic mass is 10.2. The molecule has 0 fully saturated rings. The maximum atomic E-state index is 9.07. The number of hydrogen-bond acceptors (Lipinski definition) is 2. The summed E-state index contributed by atoms with van der Waals surface area (Å²) in [5.41, 5.74) is 0.0986. The molecular weight excluding hydrogens is 192 g/mol. The van der Waals surface area contributed by atoms with Crippen molar-refractivity contribution in [3.63, 3.8) is 0 Å². The number of hydrogen-bond donors (Lipinski definition) is 1. The first-order valence-corrected chi connectivity index (χ1v) is 3.51. The Morgan fingerprint density at radius 1 is 1.23 bits per heavy atom. The Labute approximate surface area is 80.0 Å². The molecule has 1 heterocycles. The maximum Gasteiger partial charge on any atom is 0.560 e. The summed E-state index contributed by atoms with van der Waals surface area (Å²) in [6, 6.07) is 8.58. The van der Waals surface area contributed by atoms with Gasteiger partial charge in [-0.15, -0.1) is 0 Å². The molecule has 0 atom stereocenters. The van der Waals surface area contributed by atoms with E-state index >= 15 is 0 Å². The van der Waals surface area contributed by atoms with Crippen LogP contribution in [-0.2, 0) is 0 Å². The van der Waals surface area contributed by atoms with E-state index in [0.29, 0.717) is 5.58 Å². The molecule has 0 aliphatic rings. The van der Waals surface area contributed by atoms with E-state index in [9.17, 15) is 0 Å². The Morgan fingerprint density at radius 3 is 2.69 bits per heavy atom. The van der Waals surface area contributed by atoms with Crippen molar-refractivity contribution >= 4 is 11.0 Å². The van der Waals surface area contributed by atoms with Crippen LogP contribution in [0.3, 0.4) is 0 Å². The molecule has 3 nitrogen and oxygen atoms in total. The largest absolute Gasteiger partial charge is 1.00 e. The van der Waals surface area contributed by atoms with Gasteiger partial charge >= 0.3 is 5.63 Å². The van der Waals surface area contributed by atoms with Crippen LogP contribution in [0.25, 0.3) is 11.0 Å². The van der Waals surface area contributed by atoms with Crippen molar-refractivity contribution in [3.05, 3.63) is 36.0 Å². The Hall–Kier alpha value is -1.48. The fraction of sp³-hybridized carbons (Fsp3) is 0. The molecule has 0 radical (unpaired) electrons. The van der Waals surface area contributed by atoms with Crippen molar-refractivity contribution in [2.75, 3.05) is 0 Å². The average Bonchev–Trinajstić information content (AvgIpc) is 2.07. The highest BCUT2D eigenvalue weighted by Crippen LogP contribution is 2.14. The molecule has 0 saturated carbocycles. The summed E-state index contributed by atoms with van der Waals surface area (Å²) in [5, 5.41) is 9.83.